The predicted molar refractivity (Wildman–Crippen MR) is 59.3 cm³/mol. The number of rotatable bonds is 4. The Hall–Kier alpha value is -1.76. The topological polar surface area (TPSA) is 78.4 Å². The molecule has 0 aliphatic heterocycles. The number of aromatic nitrogens is 2. The van der Waals surface area contributed by atoms with Gasteiger partial charge in [0, 0.05) is 0 Å². The van der Waals surface area contributed by atoms with Crippen molar-refractivity contribution in [2.45, 2.75) is 17.4 Å². The molecule has 0 saturated heterocycles. The van der Waals surface area contributed by atoms with Crippen LogP contribution in [0.15, 0.2) is 32.5 Å². The standard InChI is InChI=1S/C10H10N2O4S/c1-6(9(13)14-2)17-10-12-11-8(16-10)7-4-3-5-15-7/h3-6H,1-2H3. The minimum absolute atomic E-state index is 0.287. The number of hydrogen-bond donors (Lipinski definition) is 0. The van der Waals surface area contributed by atoms with Gasteiger partial charge in [0.1, 0.15) is 5.25 Å². The molecule has 0 spiro atoms. The van der Waals surface area contributed by atoms with Gasteiger partial charge in [0.05, 0.1) is 13.4 Å². The Balaban J connectivity index is 2.06. The third kappa shape index (κ3) is 2.68. The monoisotopic (exact) mass is 254 g/mol. The normalized spacial score (nSPS) is 12.4. The molecule has 1 atom stereocenters. The number of ether oxygens (including phenoxy) is 1. The molecule has 0 aliphatic rings. The van der Waals surface area contributed by atoms with Crippen LogP contribution in [0.2, 0.25) is 0 Å². The molecular formula is C10H10N2O4S. The summed E-state index contributed by atoms with van der Waals surface area (Å²) in [6.45, 7) is 1.70. The molecule has 2 aromatic rings. The minimum Gasteiger partial charge on any atom is -0.468 e. The SMILES string of the molecule is COC(=O)C(C)Sc1nnc(-c2ccco2)o1. The fraction of sp³-hybridized carbons (Fsp3) is 0.300. The number of esters is 1. The molecule has 2 aromatic heterocycles. The number of carbonyl (C=O) groups excluding carboxylic acids is 1. The molecule has 0 aliphatic carbocycles. The zero-order valence-electron chi connectivity index (χ0n) is 9.25. The Morgan fingerprint density at radius 3 is 3.00 bits per heavy atom. The molecule has 17 heavy (non-hydrogen) atoms. The van der Waals surface area contributed by atoms with E-state index < -0.39 is 5.25 Å². The van der Waals surface area contributed by atoms with Gasteiger partial charge in [-0.2, -0.15) is 0 Å². The van der Waals surface area contributed by atoms with Crippen LogP contribution in [0.5, 0.6) is 0 Å². The Morgan fingerprint density at radius 2 is 2.35 bits per heavy atom. The van der Waals surface area contributed by atoms with Gasteiger partial charge >= 0.3 is 5.97 Å². The van der Waals surface area contributed by atoms with Crippen molar-refractivity contribution in [2.24, 2.45) is 0 Å². The van der Waals surface area contributed by atoms with Gasteiger partial charge in [-0.15, -0.1) is 10.2 Å². The third-order valence-electron chi connectivity index (χ3n) is 1.95. The lowest BCUT2D eigenvalue weighted by atomic mass is 10.5. The quantitative estimate of drug-likeness (QED) is 0.609. The molecule has 0 aromatic carbocycles. The van der Waals surface area contributed by atoms with E-state index in [9.17, 15) is 4.79 Å². The zero-order chi connectivity index (χ0) is 12.3. The summed E-state index contributed by atoms with van der Waals surface area (Å²) >= 11 is 1.14. The Bertz CT molecular complexity index is 494. The van der Waals surface area contributed by atoms with Crippen molar-refractivity contribution in [1.29, 1.82) is 0 Å². The van der Waals surface area contributed by atoms with E-state index in [1.54, 1.807) is 19.1 Å². The van der Waals surface area contributed by atoms with Crippen LogP contribution in [0.25, 0.3) is 11.7 Å². The summed E-state index contributed by atoms with van der Waals surface area (Å²) in [4.78, 5) is 11.2. The number of furan rings is 1. The molecule has 0 bridgehead atoms. The zero-order valence-corrected chi connectivity index (χ0v) is 10.1. The highest BCUT2D eigenvalue weighted by molar-refractivity contribution is 8.00. The van der Waals surface area contributed by atoms with Gasteiger partial charge in [-0.1, -0.05) is 11.8 Å². The molecular weight excluding hydrogens is 244 g/mol. The summed E-state index contributed by atoms with van der Waals surface area (Å²) in [5.41, 5.74) is 0. The van der Waals surface area contributed by atoms with Gasteiger partial charge in [-0.3, -0.25) is 4.79 Å². The van der Waals surface area contributed by atoms with Crippen LogP contribution in [0, 0.1) is 0 Å². The second-order valence-corrected chi connectivity index (χ2v) is 4.43. The van der Waals surface area contributed by atoms with Crippen LogP contribution in [0.1, 0.15) is 6.92 Å². The average molecular weight is 254 g/mol. The average Bonchev–Trinajstić information content (AvgIpc) is 2.97. The van der Waals surface area contributed by atoms with Crippen molar-refractivity contribution in [2.75, 3.05) is 7.11 Å². The lowest BCUT2D eigenvalue weighted by Gasteiger charge is -2.03. The number of methoxy groups -OCH3 is 1. The Labute approximate surface area is 101 Å². The highest BCUT2D eigenvalue weighted by atomic mass is 32.2. The highest BCUT2D eigenvalue weighted by Gasteiger charge is 2.19. The van der Waals surface area contributed by atoms with Crippen LogP contribution in [-0.4, -0.2) is 28.5 Å². The van der Waals surface area contributed by atoms with Gasteiger partial charge in [0.15, 0.2) is 5.76 Å². The van der Waals surface area contributed by atoms with E-state index in [1.807, 2.05) is 0 Å². The van der Waals surface area contributed by atoms with E-state index >= 15 is 0 Å². The Kier molecular flexibility index (Phi) is 3.48. The van der Waals surface area contributed by atoms with E-state index in [-0.39, 0.29) is 11.9 Å². The number of nitrogens with zero attached hydrogens (tertiary/aromatic N) is 2. The van der Waals surface area contributed by atoms with Gasteiger partial charge in [0.2, 0.25) is 0 Å². The van der Waals surface area contributed by atoms with Crippen molar-refractivity contribution < 1.29 is 18.4 Å². The lowest BCUT2D eigenvalue weighted by Crippen LogP contribution is -2.14. The molecule has 0 radical (unpaired) electrons. The van der Waals surface area contributed by atoms with E-state index in [4.69, 9.17) is 8.83 Å². The van der Waals surface area contributed by atoms with Crippen molar-refractivity contribution in [3.63, 3.8) is 0 Å². The van der Waals surface area contributed by atoms with Gasteiger partial charge < -0.3 is 13.6 Å². The molecule has 0 fully saturated rings. The van der Waals surface area contributed by atoms with Gasteiger partial charge in [-0.25, -0.2) is 0 Å². The summed E-state index contributed by atoms with van der Waals surface area (Å²) in [6.07, 6.45) is 1.52. The van der Waals surface area contributed by atoms with Gasteiger partial charge in [0.25, 0.3) is 11.1 Å². The van der Waals surface area contributed by atoms with Crippen LogP contribution in [0.4, 0.5) is 0 Å². The first-order chi connectivity index (χ1) is 8.20. The maximum Gasteiger partial charge on any atom is 0.319 e. The minimum atomic E-state index is -0.398. The van der Waals surface area contributed by atoms with E-state index in [0.29, 0.717) is 11.0 Å². The lowest BCUT2D eigenvalue weighted by molar-refractivity contribution is -0.139. The van der Waals surface area contributed by atoms with E-state index in [2.05, 4.69) is 14.9 Å². The fourth-order valence-corrected chi connectivity index (χ4v) is 1.83. The van der Waals surface area contributed by atoms with Crippen molar-refractivity contribution in [3.8, 4) is 11.7 Å². The number of hydrogen-bond acceptors (Lipinski definition) is 7. The van der Waals surface area contributed by atoms with E-state index in [0.717, 1.165) is 11.8 Å². The molecule has 2 rings (SSSR count). The summed E-state index contributed by atoms with van der Waals surface area (Å²) in [7, 11) is 1.33. The molecule has 2 heterocycles. The highest BCUT2D eigenvalue weighted by Crippen LogP contribution is 2.26. The maximum atomic E-state index is 11.2. The predicted octanol–water partition coefficient (Wildman–Crippen LogP) is 1.98. The van der Waals surface area contributed by atoms with Crippen molar-refractivity contribution in [1.82, 2.24) is 10.2 Å². The summed E-state index contributed by atoms with van der Waals surface area (Å²) < 4.78 is 15.0. The number of carbonyl (C=O) groups is 1. The first kappa shape index (κ1) is 11.7. The van der Waals surface area contributed by atoms with Crippen molar-refractivity contribution >= 4 is 17.7 Å². The van der Waals surface area contributed by atoms with Crippen LogP contribution >= 0.6 is 11.8 Å². The second-order valence-electron chi connectivity index (χ2n) is 3.13. The second kappa shape index (κ2) is 5.05. The van der Waals surface area contributed by atoms with Crippen LogP contribution in [0.3, 0.4) is 0 Å². The van der Waals surface area contributed by atoms with Crippen LogP contribution < -0.4 is 0 Å². The molecule has 6 nitrogen and oxygen atoms in total. The first-order valence-corrected chi connectivity index (χ1v) is 5.70. The smallest absolute Gasteiger partial charge is 0.319 e. The fourth-order valence-electron chi connectivity index (χ4n) is 1.12. The molecule has 0 N–H and O–H groups in total. The molecule has 7 heteroatoms. The summed E-state index contributed by atoms with van der Waals surface area (Å²) in [5.74, 6) is 0.442. The van der Waals surface area contributed by atoms with Gasteiger partial charge in [-0.05, 0) is 19.1 Å². The number of thioether (sulfide) groups is 1. The molecule has 1 unspecified atom stereocenters. The summed E-state index contributed by atoms with van der Waals surface area (Å²) in [5, 5.41) is 7.52. The van der Waals surface area contributed by atoms with E-state index in [1.165, 1.54) is 13.4 Å². The first-order valence-electron chi connectivity index (χ1n) is 4.82. The molecule has 0 saturated carbocycles. The third-order valence-corrected chi connectivity index (χ3v) is 2.86. The van der Waals surface area contributed by atoms with Crippen LogP contribution in [-0.2, 0) is 9.53 Å². The summed E-state index contributed by atoms with van der Waals surface area (Å²) in [6, 6.07) is 3.44. The Morgan fingerprint density at radius 1 is 1.53 bits per heavy atom. The molecule has 0 amide bonds. The van der Waals surface area contributed by atoms with Crippen molar-refractivity contribution in [3.05, 3.63) is 18.4 Å². The largest absolute Gasteiger partial charge is 0.468 e. The maximum absolute atomic E-state index is 11.2. The molecule has 90 valence electrons.